The number of carbonyl (C=O) groups excluding carboxylic acids is 3. The molecule has 0 radical (unpaired) electrons. The molecule has 1 aliphatic heterocycles. The first-order valence-electron chi connectivity index (χ1n) is 13.3. The molecule has 0 aromatic heterocycles. The molecule has 194 valence electrons. The van der Waals surface area contributed by atoms with Crippen molar-refractivity contribution < 1.29 is 14.4 Å². The number of rotatable bonds is 11. The number of anilines is 1. The molecule has 0 spiro atoms. The summed E-state index contributed by atoms with van der Waals surface area (Å²) in [5.74, 6) is -0.533. The second-order valence-electron chi connectivity index (χ2n) is 9.98. The Balaban J connectivity index is 1.62. The number of aldehydes is 1. The molecule has 3 aromatic rings. The van der Waals surface area contributed by atoms with Crippen molar-refractivity contribution in [3.63, 3.8) is 0 Å². The minimum Gasteiger partial charge on any atom is -0.362 e. The van der Waals surface area contributed by atoms with Gasteiger partial charge in [-0.15, -0.1) is 0 Å². The number of hydrogen-bond donors (Lipinski definition) is 1. The Kier molecular flexibility index (Phi) is 8.72. The lowest BCUT2D eigenvalue weighted by molar-refractivity contribution is -0.134. The number of amides is 2. The van der Waals surface area contributed by atoms with Gasteiger partial charge in [0.2, 0.25) is 11.8 Å². The fourth-order valence-electron chi connectivity index (χ4n) is 5.39. The van der Waals surface area contributed by atoms with Crippen LogP contribution in [-0.2, 0) is 22.6 Å². The summed E-state index contributed by atoms with van der Waals surface area (Å²) in [7, 11) is 1.86. The highest BCUT2D eigenvalue weighted by atomic mass is 16.2. The number of benzene rings is 3. The molecule has 6 nitrogen and oxygen atoms in total. The standard InChI is InChI=1S/C31H37N3O3/c1-4-17-34(18-5-2)20-23-11-9-22(10-12-23)19-24-13-14-27(30-25(21-35)7-6-8-26(24)30)33(3)28-15-16-29(36)32-31(28)37/h6-14,21,28H,4-5,15-20H2,1-3H3,(H,32,36,37). The zero-order valence-corrected chi connectivity index (χ0v) is 22.1. The third-order valence-electron chi connectivity index (χ3n) is 7.23. The first kappa shape index (κ1) is 26.6. The Labute approximate surface area is 219 Å². The van der Waals surface area contributed by atoms with Gasteiger partial charge in [-0.3, -0.25) is 24.6 Å². The predicted octanol–water partition coefficient (Wildman–Crippen LogP) is 5.11. The maximum atomic E-state index is 12.5. The second kappa shape index (κ2) is 12.2. The van der Waals surface area contributed by atoms with E-state index in [1.807, 2.05) is 36.2 Å². The van der Waals surface area contributed by atoms with Crippen LogP contribution in [0, 0.1) is 0 Å². The molecule has 1 aliphatic rings. The van der Waals surface area contributed by atoms with Crippen LogP contribution in [0.5, 0.6) is 0 Å². The van der Waals surface area contributed by atoms with Gasteiger partial charge in [-0.05, 0) is 66.9 Å². The molecule has 1 heterocycles. The van der Waals surface area contributed by atoms with Gasteiger partial charge in [0, 0.05) is 36.7 Å². The third-order valence-corrected chi connectivity index (χ3v) is 7.23. The number of carbonyl (C=O) groups is 3. The molecule has 1 N–H and O–H groups in total. The number of nitrogens with zero attached hydrogens (tertiary/aromatic N) is 2. The molecule has 4 rings (SSSR count). The molecule has 0 bridgehead atoms. The Hall–Kier alpha value is -3.51. The number of fused-ring (bicyclic) bond motifs is 1. The van der Waals surface area contributed by atoms with Gasteiger partial charge < -0.3 is 4.90 Å². The molecule has 1 saturated heterocycles. The predicted molar refractivity (Wildman–Crippen MR) is 149 cm³/mol. The van der Waals surface area contributed by atoms with Crippen LogP contribution >= 0.6 is 0 Å². The van der Waals surface area contributed by atoms with E-state index in [4.69, 9.17) is 0 Å². The number of hydrogen-bond acceptors (Lipinski definition) is 5. The zero-order chi connectivity index (χ0) is 26.4. The number of piperidine rings is 1. The number of imide groups is 1. The lowest BCUT2D eigenvalue weighted by Gasteiger charge is -2.32. The van der Waals surface area contributed by atoms with Gasteiger partial charge in [-0.25, -0.2) is 0 Å². The lowest BCUT2D eigenvalue weighted by Crippen LogP contribution is -2.51. The van der Waals surface area contributed by atoms with Gasteiger partial charge in [0.25, 0.3) is 0 Å². The Bertz CT molecular complexity index is 1260. The fraction of sp³-hybridized carbons (Fsp3) is 0.387. The molecular formula is C31H37N3O3. The minimum atomic E-state index is -0.459. The van der Waals surface area contributed by atoms with Crippen molar-refractivity contribution in [3.05, 3.63) is 76.9 Å². The topological polar surface area (TPSA) is 69.7 Å². The van der Waals surface area contributed by atoms with Crippen LogP contribution in [0.3, 0.4) is 0 Å². The van der Waals surface area contributed by atoms with Crippen LogP contribution in [-0.4, -0.2) is 49.2 Å². The summed E-state index contributed by atoms with van der Waals surface area (Å²) in [5, 5.41) is 4.28. The number of nitrogens with one attached hydrogen (secondary N) is 1. The molecule has 0 aliphatic carbocycles. The summed E-state index contributed by atoms with van der Waals surface area (Å²) < 4.78 is 0. The van der Waals surface area contributed by atoms with Gasteiger partial charge in [-0.1, -0.05) is 62.4 Å². The van der Waals surface area contributed by atoms with E-state index in [0.717, 1.165) is 67.2 Å². The summed E-state index contributed by atoms with van der Waals surface area (Å²) in [5.41, 5.74) is 5.07. The van der Waals surface area contributed by atoms with Crippen molar-refractivity contribution in [2.45, 2.75) is 58.5 Å². The Morgan fingerprint density at radius 3 is 2.30 bits per heavy atom. The van der Waals surface area contributed by atoms with Gasteiger partial charge in [0.15, 0.2) is 6.29 Å². The molecule has 1 unspecified atom stereocenters. The average Bonchev–Trinajstić information content (AvgIpc) is 2.89. The fourth-order valence-corrected chi connectivity index (χ4v) is 5.39. The number of likely N-dealkylation sites (N-methyl/N-ethyl adjacent to an activating group) is 1. The molecular weight excluding hydrogens is 462 g/mol. The van der Waals surface area contributed by atoms with E-state index in [9.17, 15) is 14.4 Å². The normalized spacial score (nSPS) is 15.7. The molecule has 3 aromatic carbocycles. The van der Waals surface area contributed by atoms with Gasteiger partial charge in [0.1, 0.15) is 6.04 Å². The highest BCUT2D eigenvalue weighted by Crippen LogP contribution is 2.34. The summed E-state index contributed by atoms with van der Waals surface area (Å²) in [6, 6.07) is 18.2. The van der Waals surface area contributed by atoms with Crippen molar-refractivity contribution in [2.24, 2.45) is 0 Å². The zero-order valence-electron chi connectivity index (χ0n) is 22.1. The molecule has 6 heteroatoms. The van der Waals surface area contributed by atoms with Crippen molar-refractivity contribution in [1.82, 2.24) is 10.2 Å². The van der Waals surface area contributed by atoms with E-state index in [1.165, 1.54) is 11.1 Å². The van der Waals surface area contributed by atoms with E-state index in [-0.39, 0.29) is 11.8 Å². The Morgan fingerprint density at radius 2 is 1.65 bits per heavy atom. The summed E-state index contributed by atoms with van der Waals surface area (Å²) >= 11 is 0. The highest BCUT2D eigenvalue weighted by molar-refractivity contribution is 6.08. The van der Waals surface area contributed by atoms with Crippen LogP contribution in [0.1, 0.15) is 66.6 Å². The van der Waals surface area contributed by atoms with E-state index < -0.39 is 6.04 Å². The quantitative estimate of drug-likeness (QED) is 0.293. The van der Waals surface area contributed by atoms with E-state index >= 15 is 0 Å². The van der Waals surface area contributed by atoms with E-state index in [1.54, 1.807) is 0 Å². The van der Waals surface area contributed by atoms with Crippen LogP contribution in [0.4, 0.5) is 5.69 Å². The second-order valence-corrected chi connectivity index (χ2v) is 9.98. The van der Waals surface area contributed by atoms with Crippen molar-refractivity contribution >= 4 is 34.6 Å². The van der Waals surface area contributed by atoms with Crippen molar-refractivity contribution in [1.29, 1.82) is 0 Å². The highest BCUT2D eigenvalue weighted by Gasteiger charge is 2.31. The molecule has 1 atom stereocenters. The smallest absolute Gasteiger partial charge is 0.249 e. The summed E-state index contributed by atoms with van der Waals surface area (Å²) in [4.78, 5) is 40.6. The maximum Gasteiger partial charge on any atom is 0.249 e. The van der Waals surface area contributed by atoms with Gasteiger partial charge in [0.05, 0.1) is 0 Å². The molecule has 2 amide bonds. The van der Waals surface area contributed by atoms with E-state index in [0.29, 0.717) is 18.4 Å². The first-order chi connectivity index (χ1) is 17.9. The average molecular weight is 500 g/mol. The maximum absolute atomic E-state index is 12.5. The lowest BCUT2D eigenvalue weighted by atomic mass is 9.93. The molecule has 1 fully saturated rings. The SMILES string of the molecule is CCCN(CCC)Cc1ccc(Cc2ccc(N(C)C3CCC(=O)NC3=O)c3c(C=O)cccc23)cc1. The van der Waals surface area contributed by atoms with Crippen molar-refractivity contribution in [3.8, 4) is 0 Å². The summed E-state index contributed by atoms with van der Waals surface area (Å²) in [6.07, 6.45) is 4.69. The monoisotopic (exact) mass is 499 g/mol. The minimum absolute atomic E-state index is 0.238. The Morgan fingerprint density at radius 1 is 0.946 bits per heavy atom. The van der Waals surface area contributed by atoms with Crippen LogP contribution in [0.2, 0.25) is 0 Å². The van der Waals surface area contributed by atoms with Crippen molar-refractivity contribution in [2.75, 3.05) is 25.0 Å². The first-order valence-corrected chi connectivity index (χ1v) is 13.3. The van der Waals surface area contributed by atoms with Crippen LogP contribution < -0.4 is 10.2 Å². The third kappa shape index (κ3) is 6.08. The molecule has 0 saturated carbocycles. The van der Waals surface area contributed by atoms with E-state index in [2.05, 4.69) is 54.4 Å². The molecule has 37 heavy (non-hydrogen) atoms. The summed E-state index contributed by atoms with van der Waals surface area (Å²) in [6.45, 7) is 7.63. The van der Waals surface area contributed by atoms with Gasteiger partial charge in [-0.2, -0.15) is 0 Å². The van der Waals surface area contributed by atoms with Gasteiger partial charge >= 0.3 is 0 Å². The van der Waals surface area contributed by atoms with Crippen LogP contribution in [0.15, 0.2) is 54.6 Å². The largest absolute Gasteiger partial charge is 0.362 e. The van der Waals surface area contributed by atoms with Crippen LogP contribution in [0.25, 0.3) is 10.8 Å².